The Balaban J connectivity index is 2.08. The van der Waals surface area contributed by atoms with E-state index in [2.05, 4.69) is 10.3 Å². The van der Waals surface area contributed by atoms with E-state index in [-0.39, 0.29) is 6.04 Å². The summed E-state index contributed by atoms with van der Waals surface area (Å²) in [6.07, 6.45) is -1.88. The lowest BCUT2D eigenvalue weighted by molar-refractivity contribution is -0.120. The molecule has 0 aromatic carbocycles. The van der Waals surface area contributed by atoms with Crippen LogP contribution in [0, 0.1) is 0 Å². The SMILES string of the molecule is CC(C)N(CC(F)(F)F)c1cccc(CNC2CC2)n1. The number of aromatic nitrogens is 1. The monoisotopic (exact) mass is 287 g/mol. The highest BCUT2D eigenvalue weighted by molar-refractivity contribution is 5.40. The topological polar surface area (TPSA) is 28.2 Å². The van der Waals surface area contributed by atoms with Gasteiger partial charge in [-0.25, -0.2) is 4.98 Å². The van der Waals surface area contributed by atoms with E-state index in [1.54, 1.807) is 26.0 Å². The number of rotatable bonds is 6. The summed E-state index contributed by atoms with van der Waals surface area (Å²) in [6, 6.07) is 5.53. The number of nitrogens with zero attached hydrogens (tertiary/aromatic N) is 2. The molecule has 1 heterocycles. The van der Waals surface area contributed by atoms with Gasteiger partial charge in [-0.1, -0.05) is 6.07 Å². The zero-order chi connectivity index (χ0) is 14.8. The molecule has 1 fully saturated rings. The number of hydrogen-bond donors (Lipinski definition) is 1. The van der Waals surface area contributed by atoms with Gasteiger partial charge in [0.25, 0.3) is 0 Å². The summed E-state index contributed by atoms with van der Waals surface area (Å²) in [4.78, 5) is 5.62. The number of pyridine rings is 1. The van der Waals surface area contributed by atoms with Gasteiger partial charge in [-0.05, 0) is 38.8 Å². The van der Waals surface area contributed by atoms with E-state index in [0.29, 0.717) is 18.4 Å². The second-order valence-electron chi connectivity index (χ2n) is 5.48. The molecule has 0 spiro atoms. The minimum atomic E-state index is -4.23. The van der Waals surface area contributed by atoms with Crippen LogP contribution in [0.25, 0.3) is 0 Å². The van der Waals surface area contributed by atoms with Crippen molar-refractivity contribution < 1.29 is 13.2 Å². The maximum atomic E-state index is 12.6. The van der Waals surface area contributed by atoms with Gasteiger partial charge in [-0.2, -0.15) is 13.2 Å². The zero-order valence-corrected chi connectivity index (χ0v) is 11.7. The minimum absolute atomic E-state index is 0.254. The van der Waals surface area contributed by atoms with Crippen molar-refractivity contribution in [1.29, 1.82) is 0 Å². The summed E-state index contributed by atoms with van der Waals surface area (Å²) in [5.74, 6) is 0.382. The minimum Gasteiger partial charge on any atom is -0.345 e. The lowest BCUT2D eigenvalue weighted by atomic mass is 10.2. The first-order chi connectivity index (χ1) is 9.35. The lowest BCUT2D eigenvalue weighted by Gasteiger charge is -2.29. The first-order valence-corrected chi connectivity index (χ1v) is 6.88. The summed E-state index contributed by atoms with van der Waals surface area (Å²) in [5, 5.41) is 3.31. The first kappa shape index (κ1) is 15.1. The summed E-state index contributed by atoms with van der Waals surface area (Å²) >= 11 is 0. The van der Waals surface area contributed by atoms with Crippen molar-refractivity contribution in [2.45, 2.75) is 51.5 Å². The first-order valence-electron chi connectivity index (χ1n) is 6.88. The number of hydrogen-bond acceptors (Lipinski definition) is 3. The molecule has 1 N–H and O–H groups in total. The van der Waals surface area contributed by atoms with E-state index in [0.717, 1.165) is 5.69 Å². The summed E-state index contributed by atoms with van der Waals surface area (Å²) in [6.45, 7) is 3.11. The molecule has 0 radical (unpaired) electrons. The Morgan fingerprint density at radius 2 is 2.05 bits per heavy atom. The molecule has 1 aromatic heterocycles. The lowest BCUT2D eigenvalue weighted by Crippen LogP contribution is -2.39. The number of halogens is 3. The molecule has 112 valence electrons. The predicted molar refractivity (Wildman–Crippen MR) is 72.6 cm³/mol. The van der Waals surface area contributed by atoms with Gasteiger partial charge in [0.2, 0.25) is 0 Å². The Bertz CT molecular complexity index is 442. The molecule has 1 saturated carbocycles. The van der Waals surface area contributed by atoms with Gasteiger partial charge in [-0.15, -0.1) is 0 Å². The third-order valence-electron chi connectivity index (χ3n) is 3.21. The van der Waals surface area contributed by atoms with Crippen molar-refractivity contribution >= 4 is 5.82 Å². The van der Waals surface area contributed by atoms with Gasteiger partial charge >= 0.3 is 6.18 Å². The Hall–Kier alpha value is -1.30. The van der Waals surface area contributed by atoms with Crippen molar-refractivity contribution in [3.63, 3.8) is 0 Å². The molecule has 0 amide bonds. The van der Waals surface area contributed by atoms with Crippen LogP contribution in [0.3, 0.4) is 0 Å². The maximum Gasteiger partial charge on any atom is 0.405 e. The molecule has 0 aliphatic heterocycles. The molecule has 0 saturated heterocycles. The molecule has 2 rings (SSSR count). The molecule has 6 heteroatoms. The van der Waals surface area contributed by atoms with Crippen LogP contribution < -0.4 is 10.2 Å². The van der Waals surface area contributed by atoms with Crippen LogP contribution in [0.2, 0.25) is 0 Å². The third kappa shape index (κ3) is 4.67. The molecular weight excluding hydrogens is 267 g/mol. The van der Waals surface area contributed by atoms with Crippen molar-refractivity contribution in [1.82, 2.24) is 10.3 Å². The molecule has 0 atom stereocenters. The Kier molecular flexibility index (Phi) is 4.52. The Morgan fingerprint density at radius 1 is 1.35 bits per heavy atom. The van der Waals surface area contributed by atoms with E-state index < -0.39 is 12.7 Å². The average molecular weight is 287 g/mol. The van der Waals surface area contributed by atoms with Crippen molar-refractivity contribution in [2.75, 3.05) is 11.4 Å². The quantitative estimate of drug-likeness (QED) is 0.871. The fourth-order valence-electron chi connectivity index (χ4n) is 1.98. The van der Waals surface area contributed by atoms with Crippen molar-refractivity contribution in [3.8, 4) is 0 Å². The molecule has 20 heavy (non-hydrogen) atoms. The van der Waals surface area contributed by atoms with Crippen LogP contribution in [0.5, 0.6) is 0 Å². The highest BCUT2D eigenvalue weighted by Gasteiger charge is 2.32. The second kappa shape index (κ2) is 5.99. The van der Waals surface area contributed by atoms with E-state index in [4.69, 9.17) is 0 Å². The zero-order valence-electron chi connectivity index (χ0n) is 11.7. The van der Waals surface area contributed by atoms with Gasteiger partial charge < -0.3 is 10.2 Å². The third-order valence-corrected chi connectivity index (χ3v) is 3.21. The summed E-state index contributed by atoms with van der Waals surface area (Å²) in [5.41, 5.74) is 0.780. The molecule has 1 aromatic rings. The number of anilines is 1. The highest BCUT2D eigenvalue weighted by Crippen LogP contribution is 2.23. The van der Waals surface area contributed by atoms with Gasteiger partial charge in [0, 0.05) is 18.6 Å². The largest absolute Gasteiger partial charge is 0.405 e. The van der Waals surface area contributed by atoms with Crippen LogP contribution in [-0.4, -0.2) is 29.8 Å². The van der Waals surface area contributed by atoms with Crippen LogP contribution in [0.1, 0.15) is 32.4 Å². The fraction of sp³-hybridized carbons (Fsp3) is 0.643. The van der Waals surface area contributed by atoms with Gasteiger partial charge in [0.1, 0.15) is 12.4 Å². The summed E-state index contributed by atoms with van der Waals surface area (Å²) in [7, 11) is 0. The van der Waals surface area contributed by atoms with E-state index in [9.17, 15) is 13.2 Å². The van der Waals surface area contributed by atoms with Gasteiger partial charge in [0.05, 0.1) is 5.69 Å². The molecule has 0 bridgehead atoms. The van der Waals surface area contributed by atoms with Crippen molar-refractivity contribution in [3.05, 3.63) is 23.9 Å². The van der Waals surface area contributed by atoms with Gasteiger partial charge in [0.15, 0.2) is 0 Å². The molecule has 1 aliphatic carbocycles. The van der Waals surface area contributed by atoms with Gasteiger partial charge in [-0.3, -0.25) is 0 Å². The van der Waals surface area contributed by atoms with E-state index in [1.807, 2.05) is 6.07 Å². The van der Waals surface area contributed by atoms with E-state index in [1.165, 1.54) is 17.7 Å². The average Bonchev–Trinajstić information content (AvgIpc) is 3.16. The summed E-state index contributed by atoms with van der Waals surface area (Å²) < 4.78 is 37.9. The van der Waals surface area contributed by atoms with Crippen LogP contribution in [0.4, 0.5) is 19.0 Å². The molecule has 3 nitrogen and oxygen atoms in total. The Labute approximate surface area is 117 Å². The molecule has 1 aliphatic rings. The molecular formula is C14H20F3N3. The second-order valence-corrected chi connectivity index (χ2v) is 5.48. The van der Waals surface area contributed by atoms with E-state index >= 15 is 0 Å². The van der Waals surface area contributed by atoms with Crippen LogP contribution >= 0.6 is 0 Å². The van der Waals surface area contributed by atoms with Crippen LogP contribution in [0.15, 0.2) is 18.2 Å². The normalized spacial score (nSPS) is 15.7. The maximum absolute atomic E-state index is 12.6. The fourth-order valence-corrected chi connectivity index (χ4v) is 1.98. The highest BCUT2D eigenvalue weighted by atomic mass is 19.4. The smallest absolute Gasteiger partial charge is 0.345 e. The van der Waals surface area contributed by atoms with Crippen LogP contribution in [-0.2, 0) is 6.54 Å². The van der Waals surface area contributed by atoms with Crippen molar-refractivity contribution in [2.24, 2.45) is 0 Å². The number of nitrogens with one attached hydrogen (secondary N) is 1. The predicted octanol–water partition coefficient (Wildman–Crippen LogP) is 3.11. The Morgan fingerprint density at radius 3 is 2.60 bits per heavy atom. The standard InChI is InChI=1S/C14H20F3N3/c1-10(2)20(9-14(15,16)17)13-5-3-4-12(19-13)8-18-11-6-7-11/h3-5,10-11,18H,6-9H2,1-2H3. The number of alkyl halides is 3. The molecule has 0 unspecified atom stereocenters.